The van der Waals surface area contributed by atoms with E-state index in [1.807, 2.05) is 36.4 Å². The Morgan fingerprint density at radius 2 is 1.77 bits per heavy atom. The molecule has 1 fully saturated rings. The highest BCUT2D eigenvalue weighted by Crippen LogP contribution is 2.35. The van der Waals surface area contributed by atoms with E-state index in [1.54, 1.807) is 12.1 Å². The first-order valence-corrected chi connectivity index (χ1v) is 11.4. The van der Waals surface area contributed by atoms with Crippen molar-refractivity contribution in [2.24, 2.45) is 0 Å². The van der Waals surface area contributed by atoms with Gasteiger partial charge in [-0.25, -0.2) is 4.21 Å². The van der Waals surface area contributed by atoms with E-state index in [0.717, 1.165) is 40.9 Å². The summed E-state index contributed by atoms with van der Waals surface area (Å²) in [5.74, 6) is -0.392. The van der Waals surface area contributed by atoms with Crippen molar-refractivity contribution in [3.05, 3.63) is 78.6 Å². The highest BCUT2D eigenvalue weighted by Gasteiger charge is 2.20. The number of benzene rings is 2. The molecule has 0 saturated carbocycles. The Bertz CT molecular complexity index is 1230. The number of hydrogen-bond donors (Lipinski definition) is 2. The third-order valence-electron chi connectivity index (χ3n) is 5.58. The van der Waals surface area contributed by atoms with Crippen molar-refractivity contribution in [2.75, 3.05) is 18.0 Å². The molecule has 3 heterocycles. The molecule has 5 rings (SSSR count). The van der Waals surface area contributed by atoms with Crippen molar-refractivity contribution in [1.29, 1.82) is 0 Å². The lowest BCUT2D eigenvalue weighted by atomic mass is 10.1. The number of nitrogens with zero attached hydrogens (tertiary/aromatic N) is 2. The molecule has 0 radical (unpaired) electrons. The monoisotopic (exact) mass is 430 g/mol. The van der Waals surface area contributed by atoms with Gasteiger partial charge in [0.25, 0.3) is 5.91 Å². The van der Waals surface area contributed by atoms with Gasteiger partial charge in [-0.15, -0.1) is 0 Å². The minimum absolute atomic E-state index is 0.392. The van der Waals surface area contributed by atoms with E-state index < -0.39 is 16.9 Å². The molecule has 2 N–H and O–H groups in total. The SMILES string of the molecule is O=C(NS(=O)c1ccc(N2CCCC2)c(-c2cc3ccccc3[nH]2)c1)c1ccncc1. The molecule has 1 aliphatic heterocycles. The van der Waals surface area contributed by atoms with E-state index in [9.17, 15) is 9.00 Å². The predicted molar refractivity (Wildman–Crippen MR) is 123 cm³/mol. The first-order valence-electron chi connectivity index (χ1n) is 10.3. The number of H-pyrrole nitrogens is 1. The van der Waals surface area contributed by atoms with Crippen LogP contribution in [-0.2, 0) is 11.0 Å². The van der Waals surface area contributed by atoms with Crippen LogP contribution in [0.15, 0.2) is 78.0 Å². The van der Waals surface area contributed by atoms with Crippen LogP contribution in [0.25, 0.3) is 22.2 Å². The van der Waals surface area contributed by atoms with Crippen LogP contribution in [0.5, 0.6) is 0 Å². The molecule has 1 atom stereocenters. The zero-order valence-electron chi connectivity index (χ0n) is 16.9. The van der Waals surface area contributed by atoms with Crippen molar-refractivity contribution in [3.63, 3.8) is 0 Å². The molecule has 6 nitrogen and oxygen atoms in total. The average molecular weight is 431 g/mol. The second kappa shape index (κ2) is 8.35. The van der Waals surface area contributed by atoms with Crippen molar-refractivity contribution in [3.8, 4) is 11.3 Å². The van der Waals surface area contributed by atoms with E-state index >= 15 is 0 Å². The minimum atomic E-state index is -1.68. The molecule has 0 aliphatic carbocycles. The van der Waals surface area contributed by atoms with Gasteiger partial charge in [-0.2, -0.15) is 0 Å². The van der Waals surface area contributed by atoms with Gasteiger partial charge in [0.2, 0.25) is 0 Å². The Morgan fingerprint density at radius 3 is 2.55 bits per heavy atom. The average Bonchev–Trinajstić information content (AvgIpc) is 3.49. The molecule has 1 amide bonds. The van der Waals surface area contributed by atoms with Crippen LogP contribution in [0.1, 0.15) is 23.2 Å². The molecule has 2 aromatic heterocycles. The van der Waals surface area contributed by atoms with Gasteiger partial charge in [-0.1, -0.05) is 18.2 Å². The fraction of sp³-hybridized carbons (Fsp3) is 0.167. The summed E-state index contributed by atoms with van der Waals surface area (Å²) >= 11 is 0. The van der Waals surface area contributed by atoms with Gasteiger partial charge in [-0.3, -0.25) is 14.5 Å². The molecule has 4 aromatic rings. The van der Waals surface area contributed by atoms with E-state index in [4.69, 9.17) is 0 Å². The maximum absolute atomic E-state index is 13.0. The van der Waals surface area contributed by atoms with Crippen molar-refractivity contribution in [2.45, 2.75) is 17.7 Å². The molecule has 7 heteroatoms. The van der Waals surface area contributed by atoms with Crippen LogP contribution < -0.4 is 9.62 Å². The van der Waals surface area contributed by atoms with Crippen LogP contribution in [0.2, 0.25) is 0 Å². The van der Waals surface area contributed by atoms with Gasteiger partial charge in [0.15, 0.2) is 11.0 Å². The molecule has 1 unspecified atom stereocenters. The summed E-state index contributed by atoms with van der Waals surface area (Å²) in [5, 5.41) is 1.13. The van der Waals surface area contributed by atoms with Gasteiger partial charge >= 0.3 is 0 Å². The summed E-state index contributed by atoms with van der Waals surface area (Å²) in [6, 6.07) is 19.2. The van der Waals surface area contributed by atoms with Gasteiger partial charge in [0.05, 0.1) is 4.90 Å². The normalized spacial score (nSPS) is 14.6. The predicted octanol–water partition coefficient (Wildman–Crippen LogP) is 4.28. The third kappa shape index (κ3) is 3.96. The summed E-state index contributed by atoms with van der Waals surface area (Å²) < 4.78 is 15.5. The summed E-state index contributed by atoms with van der Waals surface area (Å²) in [5.41, 5.74) is 4.56. The van der Waals surface area contributed by atoms with Gasteiger partial charge in [0.1, 0.15) is 0 Å². The third-order valence-corrected chi connectivity index (χ3v) is 6.63. The fourth-order valence-corrected chi connectivity index (χ4v) is 4.82. The number of fused-ring (bicyclic) bond motifs is 1. The Labute approximate surface area is 182 Å². The van der Waals surface area contributed by atoms with Crippen LogP contribution >= 0.6 is 0 Å². The topological polar surface area (TPSA) is 78.1 Å². The standard InChI is InChI=1S/C24H22N4O2S/c29-24(17-9-11-25-12-10-17)27-31(30)19-7-8-23(28-13-3-4-14-28)20(16-19)22-15-18-5-1-2-6-21(18)26-22/h1-2,5-12,15-16,26H,3-4,13-14H2,(H,27,29). The number of carbonyl (C=O) groups excluding carboxylic acids is 1. The molecule has 0 spiro atoms. The number of aromatic nitrogens is 2. The fourth-order valence-electron chi connectivity index (χ4n) is 4.00. The minimum Gasteiger partial charge on any atom is -0.371 e. The summed E-state index contributed by atoms with van der Waals surface area (Å²) in [6.07, 6.45) is 5.41. The Hall–Kier alpha value is -3.45. The smallest absolute Gasteiger partial charge is 0.263 e. The van der Waals surface area contributed by atoms with Crippen molar-refractivity contribution < 1.29 is 9.00 Å². The zero-order valence-corrected chi connectivity index (χ0v) is 17.7. The van der Waals surface area contributed by atoms with Gasteiger partial charge in [0, 0.05) is 58.9 Å². The van der Waals surface area contributed by atoms with Gasteiger partial charge in [-0.05, 0) is 55.3 Å². The first kappa shape index (κ1) is 19.5. The number of pyridine rings is 1. The second-order valence-electron chi connectivity index (χ2n) is 7.58. The largest absolute Gasteiger partial charge is 0.371 e. The number of anilines is 1. The summed E-state index contributed by atoms with van der Waals surface area (Å²) in [7, 11) is -1.68. The Kier molecular flexibility index (Phi) is 5.26. The lowest BCUT2D eigenvalue weighted by Gasteiger charge is -2.21. The van der Waals surface area contributed by atoms with Crippen LogP contribution in [0.3, 0.4) is 0 Å². The molecule has 1 saturated heterocycles. The Morgan fingerprint density at radius 1 is 1.00 bits per heavy atom. The molecular formula is C24H22N4O2S. The van der Waals surface area contributed by atoms with Crippen molar-refractivity contribution >= 4 is 33.5 Å². The molecule has 2 aromatic carbocycles. The van der Waals surface area contributed by atoms with E-state index in [0.29, 0.717) is 10.5 Å². The maximum Gasteiger partial charge on any atom is 0.263 e. The number of amides is 1. The lowest BCUT2D eigenvalue weighted by molar-refractivity contribution is 0.0983. The number of rotatable bonds is 5. The molecule has 0 bridgehead atoms. The van der Waals surface area contributed by atoms with Crippen LogP contribution in [0.4, 0.5) is 5.69 Å². The van der Waals surface area contributed by atoms with Gasteiger partial charge < -0.3 is 9.88 Å². The van der Waals surface area contributed by atoms with E-state index in [2.05, 4.69) is 31.7 Å². The molecule has 156 valence electrons. The van der Waals surface area contributed by atoms with E-state index in [-0.39, 0.29) is 0 Å². The quantitative estimate of drug-likeness (QED) is 0.495. The summed E-state index contributed by atoms with van der Waals surface area (Å²) in [4.78, 5) is 22.7. The maximum atomic E-state index is 13.0. The highest BCUT2D eigenvalue weighted by molar-refractivity contribution is 7.83. The van der Waals surface area contributed by atoms with E-state index in [1.165, 1.54) is 25.2 Å². The van der Waals surface area contributed by atoms with Crippen molar-refractivity contribution in [1.82, 2.24) is 14.7 Å². The number of para-hydroxylation sites is 1. The molecule has 1 aliphatic rings. The number of hydrogen-bond acceptors (Lipinski definition) is 4. The number of nitrogens with one attached hydrogen (secondary N) is 2. The first-order chi connectivity index (χ1) is 15.2. The number of aromatic amines is 1. The van der Waals surface area contributed by atoms with Crippen LogP contribution in [0, 0.1) is 0 Å². The number of carbonyl (C=O) groups is 1. The molecular weight excluding hydrogens is 408 g/mol. The highest BCUT2D eigenvalue weighted by atomic mass is 32.2. The lowest BCUT2D eigenvalue weighted by Crippen LogP contribution is -2.26. The second-order valence-corrected chi connectivity index (χ2v) is 8.79. The van der Waals surface area contributed by atoms with Crippen LogP contribution in [-0.4, -0.2) is 33.2 Å². The Balaban J connectivity index is 1.51. The molecule has 31 heavy (non-hydrogen) atoms. The zero-order chi connectivity index (χ0) is 21.2. The summed E-state index contributed by atoms with van der Waals surface area (Å²) in [6.45, 7) is 2.02.